The summed E-state index contributed by atoms with van der Waals surface area (Å²) in [6.45, 7) is 2.83. The molecule has 0 aromatic heterocycles. The summed E-state index contributed by atoms with van der Waals surface area (Å²) in [5.74, 6) is 0.834. The third kappa shape index (κ3) is 5.03. The minimum Gasteiger partial charge on any atom is -0.492 e. The molecule has 4 N–H and O–H groups in total. The highest BCUT2D eigenvalue weighted by Gasteiger charge is 1.99. The number of nitrogens with two attached hydrogens (primary N) is 1. The van der Waals surface area contributed by atoms with E-state index in [2.05, 4.69) is 10.5 Å². The molecule has 0 aliphatic rings. The number of amidine groups is 1. The summed E-state index contributed by atoms with van der Waals surface area (Å²) in [5, 5.41) is 14.6. The molecular weight excluding hydrogens is 234 g/mol. The first-order chi connectivity index (χ1) is 8.77. The van der Waals surface area contributed by atoms with E-state index in [1.165, 1.54) is 0 Å². The molecule has 100 valence electrons. The highest BCUT2D eigenvalue weighted by atomic mass is 16.5. The molecule has 0 atom stereocenters. The highest BCUT2D eigenvalue weighted by molar-refractivity contribution is 5.97. The average Bonchev–Trinajstić information content (AvgIpc) is 2.42. The monoisotopic (exact) mass is 253 g/mol. The van der Waals surface area contributed by atoms with Crippen LogP contribution in [-0.2, 0) is 4.74 Å². The van der Waals surface area contributed by atoms with Crippen LogP contribution < -0.4 is 15.8 Å². The lowest BCUT2D eigenvalue weighted by atomic mass is 10.2. The van der Waals surface area contributed by atoms with Gasteiger partial charge in [0, 0.05) is 25.8 Å². The Kier molecular flexibility index (Phi) is 6.60. The minimum absolute atomic E-state index is 0.0859. The van der Waals surface area contributed by atoms with E-state index in [-0.39, 0.29) is 5.84 Å². The van der Waals surface area contributed by atoms with Gasteiger partial charge in [0.1, 0.15) is 12.4 Å². The van der Waals surface area contributed by atoms with Gasteiger partial charge in [0.15, 0.2) is 5.84 Å². The first-order valence-corrected chi connectivity index (χ1v) is 5.68. The van der Waals surface area contributed by atoms with Gasteiger partial charge in [-0.2, -0.15) is 0 Å². The van der Waals surface area contributed by atoms with Gasteiger partial charge in [0.25, 0.3) is 0 Å². The fourth-order valence-electron chi connectivity index (χ4n) is 1.32. The van der Waals surface area contributed by atoms with Crippen molar-refractivity contribution in [3.8, 4) is 5.75 Å². The molecule has 0 aliphatic carbocycles. The molecule has 0 radical (unpaired) electrons. The second kappa shape index (κ2) is 8.32. The maximum absolute atomic E-state index is 8.51. The molecule has 0 fully saturated rings. The number of methoxy groups -OCH3 is 1. The first-order valence-electron chi connectivity index (χ1n) is 5.68. The van der Waals surface area contributed by atoms with E-state index in [0.29, 0.717) is 18.8 Å². The zero-order valence-electron chi connectivity index (χ0n) is 10.4. The molecular formula is C12H19N3O3. The standard InChI is InChI=1S/C12H19N3O3/c1-17-8-6-14-7-9-18-11-4-2-10(3-5-11)12(13)15-16/h2-5,14,16H,6-9H2,1H3,(H2,13,15). The van der Waals surface area contributed by atoms with Gasteiger partial charge in [-0.15, -0.1) is 0 Å². The van der Waals surface area contributed by atoms with Gasteiger partial charge >= 0.3 is 0 Å². The zero-order chi connectivity index (χ0) is 13.2. The SMILES string of the molecule is COCCNCCOc1ccc(C(N)=NO)cc1. The van der Waals surface area contributed by atoms with Gasteiger partial charge in [-0.05, 0) is 24.3 Å². The maximum atomic E-state index is 8.51. The fraction of sp³-hybridized carbons (Fsp3) is 0.417. The lowest BCUT2D eigenvalue weighted by Crippen LogP contribution is -2.24. The Morgan fingerprint density at radius 3 is 2.56 bits per heavy atom. The van der Waals surface area contributed by atoms with E-state index >= 15 is 0 Å². The average molecular weight is 253 g/mol. The van der Waals surface area contributed by atoms with E-state index in [1.807, 2.05) is 0 Å². The Bertz CT molecular complexity index is 365. The van der Waals surface area contributed by atoms with Crippen LogP contribution in [0.1, 0.15) is 5.56 Å². The topological polar surface area (TPSA) is 89.1 Å². The van der Waals surface area contributed by atoms with Gasteiger partial charge in [-0.1, -0.05) is 5.16 Å². The predicted molar refractivity (Wildman–Crippen MR) is 69.2 cm³/mol. The van der Waals surface area contributed by atoms with Gasteiger partial charge in [-0.25, -0.2) is 0 Å². The van der Waals surface area contributed by atoms with Crippen molar-refractivity contribution in [3.63, 3.8) is 0 Å². The van der Waals surface area contributed by atoms with Crippen LogP contribution in [-0.4, -0.2) is 44.5 Å². The van der Waals surface area contributed by atoms with Crippen LogP contribution in [0.4, 0.5) is 0 Å². The molecule has 0 saturated carbocycles. The van der Waals surface area contributed by atoms with Gasteiger partial charge < -0.3 is 25.7 Å². The number of rotatable bonds is 8. The van der Waals surface area contributed by atoms with E-state index < -0.39 is 0 Å². The van der Waals surface area contributed by atoms with Crippen molar-refractivity contribution in [3.05, 3.63) is 29.8 Å². The van der Waals surface area contributed by atoms with Crippen LogP contribution in [0.2, 0.25) is 0 Å². The Hall–Kier alpha value is -1.79. The minimum atomic E-state index is 0.0859. The molecule has 1 aromatic carbocycles. The molecule has 0 bridgehead atoms. The van der Waals surface area contributed by atoms with E-state index in [9.17, 15) is 0 Å². The Labute approximate surface area is 106 Å². The normalized spacial score (nSPS) is 11.5. The number of hydrogen-bond donors (Lipinski definition) is 3. The van der Waals surface area contributed by atoms with Gasteiger partial charge in [-0.3, -0.25) is 0 Å². The Morgan fingerprint density at radius 1 is 1.28 bits per heavy atom. The van der Waals surface area contributed by atoms with Crippen LogP contribution in [0.25, 0.3) is 0 Å². The van der Waals surface area contributed by atoms with Crippen molar-refractivity contribution in [2.45, 2.75) is 0 Å². The number of nitrogens with zero attached hydrogens (tertiary/aromatic N) is 1. The first kappa shape index (κ1) is 14.3. The van der Waals surface area contributed by atoms with Crippen molar-refractivity contribution in [2.24, 2.45) is 10.9 Å². The van der Waals surface area contributed by atoms with Crippen LogP contribution in [0.15, 0.2) is 29.4 Å². The second-order valence-electron chi connectivity index (χ2n) is 3.60. The third-order valence-electron chi connectivity index (χ3n) is 2.29. The van der Waals surface area contributed by atoms with E-state index in [4.69, 9.17) is 20.4 Å². The fourth-order valence-corrected chi connectivity index (χ4v) is 1.32. The predicted octanol–water partition coefficient (Wildman–Crippen LogP) is 0.396. The van der Waals surface area contributed by atoms with Gasteiger partial charge in [0.05, 0.1) is 6.61 Å². The molecule has 18 heavy (non-hydrogen) atoms. The van der Waals surface area contributed by atoms with Crippen LogP contribution >= 0.6 is 0 Å². The number of nitrogens with one attached hydrogen (secondary N) is 1. The molecule has 0 saturated heterocycles. The van der Waals surface area contributed by atoms with Gasteiger partial charge in [0.2, 0.25) is 0 Å². The van der Waals surface area contributed by atoms with E-state index in [1.54, 1.807) is 31.4 Å². The lowest BCUT2D eigenvalue weighted by molar-refractivity contribution is 0.197. The van der Waals surface area contributed by atoms with Crippen molar-refractivity contribution >= 4 is 5.84 Å². The van der Waals surface area contributed by atoms with Crippen LogP contribution in [0, 0.1) is 0 Å². The maximum Gasteiger partial charge on any atom is 0.170 e. The van der Waals surface area contributed by atoms with Crippen molar-refractivity contribution in [2.75, 3.05) is 33.4 Å². The molecule has 6 heteroatoms. The summed E-state index contributed by atoms with van der Waals surface area (Å²) < 4.78 is 10.4. The summed E-state index contributed by atoms with van der Waals surface area (Å²) in [6.07, 6.45) is 0. The molecule has 6 nitrogen and oxygen atoms in total. The molecule has 0 unspecified atom stereocenters. The summed E-state index contributed by atoms with van der Waals surface area (Å²) in [7, 11) is 1.67. The van der Waals surface area contributed by atoms with Crippen LogP contribution in [0.3, 0.4) is 0 Å². The highest BCUT2D eigenvalue weighted by Crippen LogP contribution is 2.11. The third-order valence-corrected chi connectivity index (χ3v) is 2.29. The molecule has 1 aromatic rings. The number of hydrogen-bond acceptors (Lipinski definition) is 5. The van der Waals surface area contributed by atoms with Crippen LogP contribution in [0.5, 0.6) is 5.75 Å². The number of oxime groups is 1. The largest absolute Gasteiger partial charge is 0.492 e. The quantitative estimate of drug-likeness (QED) is 0.205. The smallest absolute Gasteiger partial charge is 0.170 e. The van der Waals surface area contributed by atoms with Crippen molar-refractivity contribution < 1.29 is 14.7 Å². The summed E-state index contributed by atoms with van der Waals surface area (Å²) in [4.78, 5) is 0. The molecule has 0 heterocycles. The molecule has 0 aliphatic heterocycles. The second-order valence-corrected chi connectivity index (χ2v) is 3.60. The number of benzene rings is 1. The molecule has 0 spiro atoms. The Morgan fingerprint density at radius 2 is 1.94 bits per heavy atom. The number of ether oxygens (including phenoxy) is 2. The summed E-state index contributed by atoms with van der Waals surface area (Å²) >= 11 is 0. The molecule has 0 amide bonds. The Balaban J connectivity index is 2.27. The van der Waals surface area contributed by atoms with Crippen molar-refractivity contribution in [1.29, 1.82) is 0 Å². The van der Waals surface area contributed by atoms with E-state index in [0.717, 1.165) is 18.8 Å². The lowest BCUT2D eigenvalue weighted by Gasteiger charge is -2.07. The zero-order valence-corrected chi connectivity index (χ0v) is 10.4. The summed E-state index contributed by atoms with van der Waals surface area (Å²) in [5.41, 5.74) is 6.11. The summed E-state index contributed by atoms with van der Waals surface area (Å²) in [6, 6.07) is 7.04. The molecule has 1 rings (SSSR count). The van der Waals surface area contributed by atoms with Crippen molar-refractivity contribution in [1.82, 2.24) is 5.32 Å².